The number of hydrogen-bond acceptors (Lipinski definition) is 16. The van der Waals surface area contributed by atoms with Crippen molar-refractivity contribution in [1.29, 1.82) is 0 Å². The van der Waals surface area contributed by atoms with Crippen LogP contribution < -0.4 is 20.1 Å². The van der Waals surface area contributed by atoms with Crippen molar-refractivity contribution in [3.8, 4) is 11.5 Å². The molecule has 4 aromatic carbocycles. The van der Waals surface area contributed by atoms with E-state index in [0.29, 0.717) is 32.9 Å². The maximum absolute atomic E-state index is 13.4. The lowest BCUT2D eigenvalue weighted by Gasteiger charge is -2.11. The summed E-state index contributed by atoms with van der Waals surface area (Å²) in [5, 5.41) is 30.3. The maximum atomic E-state index is 13.4. The molecule has 0 aromatic heterocycles. The number of ether oxygens (including phenoxy) is 2. The molecule has 2 aliphatic rings. The number of methoxy groups -OCH3 is 2. The zero-order valence-electron chi connectivity index (χ0n) is 32.9. The van der Waals surface area contributed by atoms with Crippen LogP contribution in [0.2, 0.25) is 0 Å². The molecule has 6 amide bonds. The molecular formula is C40H36N10O10S. The van der Waals surface area contributed by atoms with Gasteiger partial charge < -0.3 is 20.1 Å². The summed E-state index contributed by atoms with van der Waals surface area (Å²) in [7, 11) is -1.02. The molecule has 6 rings (SSSR count). The first-order chi connectivity index (χ1) is 29.2. The van der Waals surface area contributed by atoms with Gasteiger partial charge in [-0.25, -0.2) is 8.42 Å². The number of carbonyl (C=O) groups excluding carboxylic acids is 6. The Morgan fingerprint density at radius 1 is 0.590 bits per heavy atom. The zero-order chi connectivity index (χ0) is 43.8. The summed E-state index contributed by atoms with van der Waals surface area (Å²) in [6.45, 7) is 2.95. The number of azo groups is 2. The summed E-state index contributed by atoms with van der Waals surface area (Å²) in [5.74, 6) is -3.48. The highest BCUT2D eigenvalue weighted by Gasteiger charge is 2.39. The first-order valence-electron chi connectivity index (χ1n) is 18.2. The second-order valence-electron chi connectivity index (χ2n) is 13.2. The third-order valence-corrected chi connectivity index (χ3v) is 10.7. The Labute approximate surface area is 347 Å². The molecule has 21 heteroatoms. The predicted octanol–water partition coefficient (Wildman–Crippen LogP) is 4.99. The van der Waals surface area contributed by atoms with Crippen LogP contribution in [0.25, 0.3) is 0 Å². The van der Waals surface area contributed by atoms with Crippen LogP contribution in [-0.4, -0.2) is 91.6 Å². The normalized spacial score (nSPS) is 16.5. The highest BCUT2D eigenvalue weighted by atomic mass is 32.2. The molecule has 0 saturated carbocycles. The van der Waals surface area contributed by atoms with Gasteiger partial charge in [-0.2, -0.15) is 40.7 Å². The molecule has 2 N–H and O–H groups in total. The van der Waals surface area contributed by atoms with Crippen molar-refractivity contribution in [1.82, 2.24) is 10.0 Å². The lowest BCUT2D eigenvalue weighted by Crippen LogP contribution is -2.36. The molecular weight excluding hydrogens is 813 g/mol. The summed E-state index contributed by atoms with van der Waals surface area (Å²) in [4.78, 5) is 76.1. The van der Waals surface area contributed by atoms with Gasteiger partial charge in [0.25, 0.3) is 23.6 Å². The molecule has 0 radical (unpaired) electrons. The maximum Gasteiger partial charge on any atom is 0.282 e. The minimum absolute atomic E-state index is 0.0778. The first kappa shape index (κ1) is 42.8. The van der Waals surface area contributed by atoms with Gasteiger partial charge in [-0.15, -0.1) is 0 Å². The number of imide groups is 2. The van der Waals surface area contributed by atoms with Crippen molar-refractivity contribution in [2.24, 2.45) is 30.7 Å². The van der Waals surface area contributed by atoms with E-state index in [4.69, 9.17) is 9.47 Å². The highest BCUT2D eigenvalue weighted by molar-refractivity contribution is 7.91. The number of hydrogen-bond donors (Lipinski definition) is 2. The van der Waals surface area contributed by atoms with Gasteiger partial charge in [0, 0.05) is 11.4 Å². The van der Waals surface area contributed by atoms with Crippen molar-refractivity contribution in [2.45, 2.75) is 48.6 Å². The van der Waals surface area contributed by atoms with E-state index in [1.807, 2.05) is 0 Å². The van der Waals surface area contributed by atoms with Gasteiger partial charge in [-0.3, -0.25) is 28.8 Å². The third kappa shape index (κ3) is 10.1. The van der Waals surface area contributed by atoms with Gasteiger partial charge in [-0.05, 0) is 111 Å². The Kier molecular flexibility index (Phi) is 12.9. The average molecular weight is 849 g/mol. The predicted molar refractivity (Wildman–Crippen MR) is 217 cm³/mol. The third-order valence-electron chi connectivity index (χ3n) is 8.91. The molecule has 0 spiro atoms. The fourth-order valence-corrected chi connectivity index (χ4v) is 6.95. The fraction of sp³-hybridized carbons (Fsp3) is 0.200. The van der Waals surface area contributed by atoms with E-state index < -0.39 is 70.2 Å². The Morgan fingerprint density at radius 2 is 0.934 bits per heavy atom. The number of benzene rings is 4. The van der Waals surface area contributed by atoms with Crippen LogP contribution >= 0.6 is 0 Å². The van der Waals surface area contributed by atoms with Crippen LogP contribution in [0, 0.1) is 0 Å². The molecule has 20 nitrogen and oxygen atoms in total. The Morgan fingerprint density at radius 3 is 1.26 bits per heavy atom. The van der Waals surface area contributed by atoms with Crippen LogP contribution in [0.1, 0.15) is 26.7 Å². The first-order valence-corrected chi connectivity index (χ1v) is 19.6. The van der Waals surface area contributed by atoms with Crippen LogP contribution in [0.15, 0.2) is 138 Å². The lowest BCUT2D eigenvalue weighted by atomic mass is 10.2. The van der Waals surface area contributed by atoms with Crippen molar-refractivity contribution in [3.05, 3.63) is 97.1 Å². The van der Waals surface area contributed by atoms with Gasteiger partial charge in [0.05, 0.1) is 46.8 Å². The minimum Gasteiger partial charge on any atom is -0.497 e. The summed E-state index contributed by atoms with van der Waals surface area (Å²) in [6, 6.07) is 21.1. The standard InChI is InChI=1S/C40H36N10O10S/c1-23-37(39(55)49(47-23)35(53)21-33(51)41-25-5-13-29(59-3)14-6-25)45-43-27-9-17-31(18-10-27)61(57,58)32-19-11-28(12-20-32)44-46-38-24(2)48-50(40(38)56)36(54)22-34(52)42-26-7-15-30(60-4)16-8-26/h5-20,37-38H,21-22H2,1-4H3,(H,41,51)(H,42,52). The van der Waals surface area contributed by atoms with Crippen LogP contribution in [0.4, 0.5) is 22.7 Å². The number of carbonyl (C=O) groups is 6. The van der Waals surface area contributed by atoms with E-state index in [1.165, 1.54) is 76.6 Å². The molecule has 2 heterocycles. The van der Waals surface area contributed by atoms with Crippen molar-refractivity contribution in [2.75, 3.05) is 24.9 Å². The summed E-state index contributed by atoms with van der Waals surface area (Å²) in [5.41, 5.74) is 1.59. The van der Waals surface area contributed by atoms with E-state index in [2.05, 4.69) is 41.3 Å². The smallest absolute Gasteiger partial charge is 0.282 e. The molecule has 312 valence electrons. The second-order valence-corrected chi connectivity index (χ2v) is 15.2. The summed E-state index contributed by atoms with van der Waals surface area (Å²) < 4.78 is 37.0. The quantitative estimate of drug-likeness (QED) is 0.127. The number of nitrogens with zero attached hydrogens (tertiary/aromatic N) is 8. The van der Waals surface area contributed by atoms with Crippen molar-refractivity contribution in [3.63, 3.8) is 0 Å². The van der Waals surface area contributed by atoms with Crippen molar-refractivity contribution < 1.29 is 46.7 Å². The number of amides is 6. The molecule has 0 bridgehead atoms. The molecule has 4 aromatic rings. The average Bonchev–Trinajstić information content (AvgIpc) is 3.71. The summed E-state index contributed by atoms with van der Waals surface area (Å²) >= 11 is 0. The van der Waals surface area contributed by atoms with Crippen LogP contribution in [-0.2, 0) is 38.6 Å². The molecule has 2 aliphatic heterocycles. The minimum atomic E-state index is -4.02. The summed E-state index contributed by atoms with van der Waals surface area (Å²) in [6.07, 6.45) is -1.31. The molecule has 2 unspecified atom stereocenters. The number of anilines is 2. The van der Waals surface area contributed by atoms with Gasteiger partial charge in [0.2, 0.25) is 21.7 Å². The molecule has 61 heavy (non-hydrogen) atoms. The van der Waals surface area contributed by atoms with E-state index in [1.54, 1.807) is 48.5 Å². The van der Waals surface area contributed by atoms with Gasteiger partial charge in [-0.1, -0.05) is 0 Å². The number of rotatable bonds is 14. The van der Waals surface area contributed by atoms with E-state index >= 15 is 0 Å². The Balaban J connectivity index is 1.01. The largest absolute Gasteiger partial charge is 0.497 e. The molecule has 0 saturated heterocycles. The topological polar surface area (TPSA) is 260 Å². The van der Waals surface area contributed by atoms with Crippen LogP contribution in [0.5, 0.6) is 11.5 Å². The zero-order valence-corrected chi connectivity index (χ0v) is 33.7. The van der Waals surface area contributed by atoms with E-state index in [0.717, 1.165) is 0 Å². The molecule has 2 atom stereocenters. The SMILES string of the molecule is COc1ccc(NC(=O)CC(=O)N2N=C(C)C(N=Nc3ccc(S(=O)(=O)c4ccc(N=NC5C(=O)N(C(=O)CC(=O)Nc6ccc(OC)cc6)N=C5C)cc4)cc3)C2=O)cc1. The fourth-order valence-electron chi connectivity index (χ4n) is 5.69. The van der Waals surface area contributed by atoms with Crippen LogP contribution in [0.3, 0.4) is 0 Å². The monoisotopic (exact) mass is 848 g/mol. The second kappa shape index (κ2) is 18.4. The van der Waals surface area contributed by atoms with E-state index in [9.17, 15) is 37.2 Å². The number of sulfone groups is 1. The number of hydrazone groups is 2. The number of nitrogens with one attached hydrogen (secondary N) is 2. The van der Waals surface area contributed by atoms with Gasteiger partial charge >= 0.3 is 0 Å². The highest BCUT2D eigenvalue weighted by Crippen LogP contribution is 2.27. The Hall–Kier alpha value is -7.81. The van der Waals surface area contributed by atoms with Gasteiger partial charge in [0.15, 0.2) is 12.1 Å². The lowest BCUT2D eigenvalue weighted by molar-refractivity contribution is -0.146. The van der Waals surface area contributed by atoms with Crippen molar-refractivity contribution >= 4 is 79.5 Å². The Bertz CT molecular complexity index is 2440. The molecule has 0 aliphatic carbocycles. The van der Waals surface area contributed by atoms with Gasteiger partial charge in [0.1, 0.15) is 24.3 Å². The molecule has 0 fully saturated rings. The van der Waals surface area contributed by atoms with E-state index in [-0.39, 0.29) is 32.6 Å².